The van der Waals surface area contributed by atoms with Crippen LogP contribution in [0.4, 0.5) is 0 Å². The van der Waals surface area contributed by atoms with Gasteiger partial charge in [-0.2, -0.15) is 0 Å². The fourth-order valence-electron chi connectivity index (χ4n) is 2.68. The Hall–Kier alpha value is -1.55. The normalized spacial score (nSPS) is 17.3. The van der Waals surface area contributed by atoms with Crippen molar-refractivity contribution in [2.45, 2.75) is 19.2 Å². The van der Waals surface area contributed by atoms with Crippen molar-refractivity contribution >= 4 is 11.6 Å². The molecule has 1 aliphatic heterocycles. The minimum absolute atomic E-state index is 0.177. The molecule has 0 saturated carbocycles. The van der Waals surface area contributed by atoms with Crippen LogP contribution in [0.1, 0.15) is 22.7 Å². The van der Waals surface area contributed by atoms with E-state index in [1.165, 1.54) is 11.1 Å². The lowest BCUT2D eigenvalue weighted by Crippen LogP contribution is -2.29. The zero-order valence-corrected chi connectivity index (χ0v) is 12.7. The highest BCUT2D eigenvalue weighted by atomic mass is 35.5. The Kier molecular flexibility index (Phi) is 4.44. The molecule has 0 saturated heterocycles. The second-order valence-corrected chi connectivity index (χ2v) is 5.48. The molecule has 21 heavy (non-hydrogen) atoms. The Morgan fingerprint density at radius 1 is 1.24 bits per heavy atom. The standard InChI is InChI=1S/C17H18ClNO2/c1-20-17-8-4-7-15(18)14(17)9-19-16-11-21-10-12-5-2-3-6-13(12)16/h2-8,16,19H,9-11H2,1H3. The Balaban J connectivity index is 1.78. The minimum atomic E-state index is 0.177. The molecule has 2 aromatic carbocycles. The summed E-state index contributed by atoms with van der Waals surface area (Å²) in [5.74, 6) is 0.806. The van der Waals surface area contributed by atoms with Crippen molar-refractivity contribution in [1.82, 2.24) is 5.32 Å². The van der Waals surface area contributed by atoms with Gasteiger partial charge < -0.3 is 14.8 Å². The predicted molar refractivity (Wildman–Crippen MR) is 83.7 cm³/mol. The molecule has 0 radical (unpaired) electrons. The van der Waals surface area contributed by atoms with Crippen LogP contribution >= 0.6 is 11.6 Å². The highest BCUT2D eigenvalue weighted by Crippen LogP contribution is 2.29. The van der Waals surface area contributed by atoms with Crippen LogP contribution in [0.5, 0.6) is 5.75 Å². The Morgan fingerprint density at radius 2 is 2.10 bits per heavy atom. The third-order valence-corrected chi connectivity index (χ3v) is 4.15. The van der Waals surface area contributed by atoms with Crippen LogP contribution < -0.4 is 10.1 Å². The number of nitrogens with one attached hydrogen (secondary N) is 1. The molecule has 0 bridgehead atoms. The number of hydrogen-bond acceptors (Lipinski definition) is 3. The molecule has 0 aliphatic carbocycles. The van der Waals surface area contributed by atoms with Crippen LogP contribution in [0.25, 0.3) is 0 Å². The van der Waals surface area contributed by atoms with Crippen LogP contribution in [0.15, 0.2) is 42.5 Å². The summed E-state index contributed by atoms with van der Waals surface area (Å²) in [6, 6.07) is 14.2. The van der Waals surface area contributed by atoms with Crippen molar-refractivity contribution in [3.8, 4) is 5.75 Å². The van der Waals surface area contributed by atoms with Gasteiger partial charge in [-0.15, -0.1) is 0 Å². The minimum Gasteiger partial charge on any atom is -0.496 e. The van der Waals surface area contributed by atoms with Crippen molar-refractivity contribution in [3.63, 3.8) is 0 Å². The number of ether oxygens (including phenoxy) is 2. The molecular formula is C17H18ClNO2. The van der Waals surface area contributed by atoms with Gasteiger partial charge in [-0.1, -0.05) is 41.9 Å². The monoisotopic (exact) mass is 303 g/mol. The summed E-state index contributed by atoms with van der Waals surface area (Å²) in [7, 11) is 1.66. The Labute approximate surface area is 129 Å². The fourth-order valence-corrected chi connectivity index (χ4v) is 2.91. The van der Waals surface area contributed by atoms with E-state index in [9.17, 15) is 0 Å². The van der Waals surface area contributed by atoms with Crippen LogP contribution in [0, 0.1) is 0 Å². The van der Waals surface area contributed by atoms with E-state index in [2.05, 4.69) is 23.5 Å². The molecule has 1 heterocycles. The molecule has 0 amide bonds. The largest absolute Gasteiger partial charge is 0.496 e. The maximum absolute atomic E-state index is 6.27. The first-order valence-electron chi connectivity index (χ1n) is 7.00. The topological polar surface area (TPSA) is 30.5 Å². The zero-order valence-electron chi connectivity index (χ0n) is 11.9. The highest BCUT2D eigenvalue weighted by Gasteiger charge is 2.20. The Bertz CT molecular complexity index is 630. The zero-order chi connectivity index (χ0) is 14.7. The van der Waals surface area contributed by atoms with E-state index in [4.69, 9.17) is 21.1 Å². The first kappa shape index (κ1) is 14.4. The van der Waals surface area contributed by atoms with E-state index in [1.807, 2.05) is 24.3 Å². The number of rotatable bonds is 4. The lowest BCUT2D eigenvalue weighted by atomic mass is 9.99. The van der Waals surface area contributed by atoms with E-state index in [1.54, 1.807) is 7.11 Å². The summed E-state index contributed by atoms with van der Waals surface area (Å²) < 4.78 is 11.0. The fraction of sp³-hybridized carbons (Fsp3) is 0.294. The van der Waals surface area contributed by atoms with Crippen LogP contribution in [-0.2, 0) is 17.9 Å². The predicted octanol–water partition coefficient (Wildman–Crippen LogP) is 3.71. The number of fused-ring (bicyclic) bond motifs is 1. The van der Waals surface area contributed by atoms with Crippen LogP contribution in [0.2, 0.25) is 5.02 Å². The number of benzene rings is 2. The molecule has 1 N–H and O–H groups in total. The molecular weight excluding hydrogens is 286 g/mol. The molecule has 2 aromatic rings. The van der Waals surface area contributed by atoms with E-state index < -0.39 is 0 Å². The van der Waals surface area contributed by atoms with Gasteiger partial charge in [0.05, 0.1) is 26.4 Å². The maximum atomic E-state index is 6.27. The summed E-state index contributed by atoms with van der Waals surface area (Å²) in [5, 5.41) is 4.23. The molecule has 3 nitrogen and oxygen atoms in total. The van der Waals surface area contributed by atoms with E-state index in [-0.39, 0.29) is 6.04 Å². The molecule has 3 rings (SSSR count). The van der Waals surface area contributed by atoms with E-state index >= 15 is 0 Å². The number of methoxy groups -OCH3 is 1. The van der Waals surface area contributed by atoms with Gasteiger partial charge in [0.25, 0.3) is 0 Å². The van der Waals surface area contributed by atoms with E-state index in [0.717, 1.165) is 11.3 Å². The summed E-state index contributed by atoms with van der Waals surface area (Å²) in [6.45, 7) is 2.00. The molecule has 0 fully saturated rings. The highest BCUT2D eigenvalue weighted by molar-refractivity contribution is 6.31. The first-order valence-corrected chi connectivity index (χ1v) is 7.37. The van der Waals surface area contributed by atoms with Gasteiger partial charge in [-0.25, -0.2) is 0 Å². The lowest BCUT2D eigenvalue weighted by molar-refractivity contribution is 0.0816. The second-order valence-electron chi connectivity index (χ2n) is 5.07. The summed E-state index contributed by atoms with van der Waals surface area (Å²) in [5.41, 5.74) is 3.52. The number of hydrogen-bond donors (Lipinski definition) is 1. The van der Waals surface area contributed by atoms with E-state index in [0.29, 0.717) is 24.8 Å². The van der Waals surface area contributed by atoms with Crippen molar-refractivity contribution in [3.05, 3.63) is 64.2 Å². The Morgan fingerprint density at radius 3 is 2.95 bits per heavy atom. The summed E-state index contributed by atoms with van der Waals surface area (Å²) in [6.07, 6.45) is 0. The molecule has 0 aromatic heterocycles. The van der Waals surface area contributed by atoms with Crippen molar-refractivity contribution < 1.29 is 9.47 Å². The van der Waals surface area contributed by atoms with Crippen LogP contribution in [0.3, 0.4) is 0 Å². The second kappa shape index (κ2) is 6.48. The van der Waals surface area contributed by atoms with Gasteiger partial charge in [0.2, 0.25) is 0 Å². The molecule has 1 aliphatic rings. The average molecular weight is 304 g/mol. The molecule has 1 atom stereocenters. The quantitative estimate of drug-likeness (QED) is 0.934. The van der Waals surface area contributed by atoms with Gasteiger partial charge in [0, 0.05) is 17.1 Å². The first-order chi connectivity index (χ1) is 10.3. The third-order valence-electron chi connectivity index (χ3n) is 3.79. The van der Waals surface area contributed by atoms with Gasteiger partial charge >= 0.3 is 0 Å². The summed E-state index contributed by atoms with van der Waals surface area (Å²) >= 11 is 6.27. The van der Waals surface area contributed by atoms with Crippen molar-refractivity contribution in [1.29, 1.82) is 0 Å². The maximum Gasteiger partial charge on any atom is 0.124 e. The molecule has 4 heteroatoms. The SMILES string of the molecule is COc1cccc(Cl)c1CNC1COCc2ccccc21. The van der Waals surface area contributed by atoms with Crippen molar-refractivity contribution in [2.24, 2.45) is 0 Å². The van der Waals surface area contributed by atoms with Crippen LogP contribution in [-0.4, -0.2) is 13.7 Å². The average Bonchev–Trinajstić information content (AvgIpc) is 2.53. The van der Waals surface area contributed by atoms with Gasteiger partial charge in [0.1, 0.15) is 5.75 Å². The van der Waals surface area contributed by atoms with Gasteiger partial charge in [-0.3, -0.25) is 0 Å². The third kappa shape index (κ3) is 3.05. The molecule has 110 valence electrons. The molecule has 0 spiro atoms. The smallest absolute Gasteiger partial charge is 0.124 e. The van der Waals surface area contributed by atoms with Gasteiger partial charge in [-0.05, 0) is 23.3 Å². The van der Waals surface area contributed by atoms with Gasteiger partial charge in [0.15, 0.2) is 0 Å². The lowest BCUT2D eigenvalue weighted by Gasteiger charge is -2.27. The van der Waals surface area contributed by atoms with Crippen molar-refractivity contribution in [2.75, 3.05) is 13.7 Å². The summed E-state index contributed by atoms with van der Waals surface area (Å²) in [4.78, 5) is 0. The number of halogens is 1. The molecule has 1 unspecified atom stereocenters.